The van der Waals surface area contributed by atoms with Crippen LogP contribution in [0.25, 0.3) is 33.4 Å². The summed E-state index contributed by atoms with van der Waals surface area (Å²) in [6.45, 7) is 1.78. The van der Waals surface area contributed by atoms with Gasteiger partial charge in [0.05, 0.1) is 17.5 Å². The number of hydrogen-bond acceptors (Lipinski definition) is 5. The maximum absolute atomic E-state index is 12.9. The zero-order chi connectivity index (χ0) is 19.9. The van der Waals surface area contributed by atoms with Gasteiger partial charge in [-0.05, 0) is 30.7 Å². The fourth-order valence-electron chi connectivity index (χ4n) is 3.19. The number of anilines is 1. The van der Waals surface area contributed by atoms with Gasteiger partial charge >= 0.3 is 0 Å². The predicted octanol–water partition coefficient (Wildman–Crippen LogP) is 3.53. The summed E-state index contributed by atoms with van der Waals surface area (Å²) in [5, 5.41) is 4.58. The molecule has 0 aliphatic rings. The van der Waals surface area contributed by atoms with Crippen molar-refractivity contribution in [2.75, 3.05) is 11.0 Å². The number of benzene rings is 2. The molecule has 0 bridgehead atoms. The summed E-state index contributed by atoms with van der Waals surface area (Å²) in [6, 6.07) is 16.1. The van der Waals surface area contributed by atoms with E-state index in [4.69, 9.17) is 4.52 Å². The first kappa shape index (κ1) is 18.0. The molecule has 0 saturated carbocycles. The summed E-state index contributed by atoms with van der Waals surface area (Å²) in [5.41, 5.74) is 3.12. The molecule has 0 atom stereocenters. The van der Waals surface area contributed by atoms with Gasteiger partial charge < -0.3 is 9.51 Å². The number of pyridine rings is 1. The summed E-state index contributed by atoms with van der Waals surface area (Å²) in [7, 11) is -3.44. The number of hydrogen-bond donors (Lipinski definition) is 2. The van der Waals surface area contributed by atoms with Crippen LogP contribution in [0.15, 0.2) is 63.9 Å². The first-order valence-electron chi connectivity index (χ1n) is 8.49. The maximum Gasteiger partial charge on any atom is 0.260 e. The summed E-state index contributed by atoms with van der Waals surface area (Å²) in [5.74, 6) is 0.348. The lowest BCUT2D eigenvalue weighted by molar-refractivity contribution is 0.427. The van der Waals surface area contributed by atoms with Crippen molar-refractivity contribution in [3.63, 3.8) is 0 Å². The van der Waals surface area contributed by atoms with Crippen LogP contribution in [-0.2, 0) is 10.0 Å². The van der Waals surface area contributed by atoms with Gasteiger partial charge in [0.1, 0.15) is 0 Å². The number of aromatic nitrogens is 2. The molecule has 28 heavy (non-hydrogen) atoms. The number of nitrogens with one attached hydrogen (secondary N) is 2. The van der Waals surface area contributed by atoms with Crippen molar-refractivity contribution < 1.29 is 12.9 Å². The quantitative estimate of drug-likeness (QED) is 0.550. The SMILES string of the molecule is Cc1cc(-c2c(-c3ccccc3)c3cc(NS(C)(=O)=O)ccc3[nH]c2=O)on1. The molecule has 7 nitrogen and oxygen atoms in total. The van der Waals surface area contributed by atoms with Crippen LogP contribution in [0.1, 0.15) is 5.69 Å². The van der Waals surface area contributed by atoms with Gasteiger partial charge in [-0.3, -0.25) is 9.52 Å². The van der Waals surface area contributed by atoms with Gasteiger partial charge in [0.25, 0.3) is 5.56 Å². The third-order valence-electron chi connectivity index (χ3n) is 4.25. The molecule has 0 spiro atoms. The molecule has 0 saturated heterocycles. The van der Waals surface area contributed by atoms with Crippen LogP contribution >= 0.6 is 0 Å². The molecule has 8 heteroatoms. The van der Waals surface area contributed by atoms with Gasteiger partial charge in [0, 0.05) is 28.2 Å². The van der Waals surface area contributed by atoms with Crippen molar-refractivity contribution >= 4 is 26.6 Å². The van der Waals surface area contributed by atoms with E-state index in [0.29, 0.717) is 39.2 Å². The van der Waals surface area contributed by atoms with Crippen LogP contribution in [0.3, 0.4) is 0 Å². The van der Waals surface area contributed by atoms with Gasteiger partial charge in [-0.2, -0.15) is 0 Å². The molecule has 2 heterocycles. The number of aryl methyl sites for hydroxylation is 1. The molecule has 142 valence electrons. The number of fused-ring (bicyclic) bond motifs is 1. The lowest BCUT2D eigenvalue weighted by Crippen LogP contribution is -2.12. The van der Waals surface area contributed by atoms with Gasteiger partial charge in [-0.15, -0.1) is 0 Å². The number of rotatable bonds is 4. The number of aromatic amines is 1. The van der Waals surface area contributed by atoms with Crippen molar-refractivity contribution in [3.8, 4) is 22.5 Å². The molecular weight excluding hydrogens is 378 g/mol. The van der Waals surface area contributed by atoms with E-state index in [1.54, 1.807) is 31.2 Å². The molecule has 2 N–H and O–H groups in total. The Hall–Kier alpha value is -3.39. The highest BCUT2D eigenvalue weighted by molar-refractivity contribution is 7.92. The molecule has 0 amide bonds. The van der Waals surface area contributed by atoms with Gasteiger partial charge in [0.15, 0.2) is 5.76 Å². The summed E-state index contributed by atoms with van der Waals surface area (Å²) < 4.78 is 31.1. The molecule has 0 unspecified atom stereocenters. The minimum absolute atomic E-state index is 0.314. The number of H-pyrrole nitrogens is 1. The zero-order valence-electron chi connectivity index (χ0n) is 15.2. The van der Waals surface area contributed by atoms with Crippen LogP contribution in [0.2, 0.25) is 0 Å². The van der Waals surface area contributed by atoms with E-state index >= 15 is 0 Å². The van der Waals surface area contributed by atoms with E-state index in [2.05, 4.69) is 14.9 Å². The topological polar surface area (TPSA) is 105 Å². The average molecular weight is 395 g/mol. The molecule has 4 rings (SSSR count). The van der Waals surface area contributed by atoms with Gasteiger partial charge in [-0.25, -0.2) is 8.42 Å². The fraction of sp³-hybridized carbons (Fsp3) is 0.100. The smallest absolute Gasteiger partial charge is 0.260 e. The Kier molecular flexibility index (Phi) is 4.27. The predicted molar refractivity (Wildman–Crippen MR) is 109 cm³/mol. The molecule has 0 aliphatic carbocycles. The summed E-state index contributed by atoms with van der Waals surface area (Å²) in [6.07, 6.45) is 1.09. The van der Waals surface area contributed by atoms with Crippen LogP contribution in [0, 0.1) is 6.92 Å². The third kappa shape index (κ3) is 3.41. The summed E-state index contributed by atoms with van der Waals surface area (Å²) in [4.78, 5) is 15.7. The molecule has 0 aliphatic heterocycles. The van der Waals surface area contributed by atoms with Crippen LogP contribution < -0.4 is 10.3 Å². The third-order valence-corrected chi connectivity index (χ3v) is 4.86. The molecule has 4 aromatic rings. The van der Waals surface area contributed by atoms with Crippen molar-refractivity contribution in [3.05, 3.63) is 70.6 Å². The van der Waals surface area contributed by atoms with E-state index in [1.165, 1.54) is 0 Å². The second-order valence-electron chi connectivity index (χ2n) is 6.54. The standard InChI is InChI=1S/C20H17N3O4S/c1-12-10-17(27-22-12)19-18(13-6-4-3-5-7-13)15-11-14(23-28(2,25)26)8-9-16(15)21-20(19)24/h3-11,23H,1-2H3,(H,21,24). The Labute approximate surface area is 161 Å². The van der Waals surface area contributed by atoms with Gasteiger partial charge in [0.2, 0.25) is 10.0 Å². The van der Waals surface area contributed by atoms with E-state index < -0.39 is 10.0 Å². The second-order valence-corrected chi connectivity index (χ2v) is 8.29. The normalized spacial score (nSPS) is 11.6. The monoisotopic (exact) mass is 395 g/mol. The molecule has 2 aromatic carbocycles. The largest absolute Gasteiger partial charge is 0.356 e. The van der Waals surface area contributed by atoms with Crippen LogP contribution in [0.5, 0.6) is 0 Å². The van der Waals surface area contributed by atoms with E-state index in [-0.39, 0.29) is 5.56 Å². The highest BCUT2D eigenvalue weighted by atomic mass is 32.2. The van der Waals surface area contributed by atoms with E-state index in [9.17, 15) is 13.2 Å². The van der Waals surface area contributed by atoms with Crippen molar-refractivity contribution in [2.24, 2.45) is 0 Å². The lowest BCUT2D eigenvalue weighted by atomic mass is 9.94. The molecular formula is C20H17N3O4S. The summed E-state index contributed by atoms with van der Waals surface area (Å²) >= 11 is 0. The first-order valence-corrected chi connectivity index (χ1v) is 10.4. The Morgan fingerprint density at radius 3 is 2.43 bits per heavy atom. The Balaban J connectivity index is 2.10. The Morgan fingerprint density at radius 2 is 1.79 bits per heavy atom. The van der Waals surface area contributed by atoms with E-state index in [1.807, 2.05) is 30.3 Å². The minimum atomic E-state index is -3.44. The minimum Gasteiger partial charge on any atom is -0.356 e. The van der Waals surface area contributed by atoms with Gasteiger partial charge in [-0.1, -0.05) is 35.5 Å². The number of sulfonamides is 1. The van der Waals surface area contributed by atoms with Crippen molar-refractivity contribution in [1.82, 2.24) is 10.1 Å². The Bertz CT molecular complexity index is 1340. The highest BCUT2D eigenvalue weighted by Gasteiger charge is 2.20. The lowest BCUT2D eigenvalue weighted by Gasteiger charge is -2.13. The highest BCUT2D eigenvalue weighted by Crippen LogP contribution is 2.36. The number of nitrogens with zero attached hydrogens (tertiary/aromatic N) is 1. The van der Waals surface area contributed by atoms with Crippen molar-refractivity contribution in [1.29, 1.82) is 0 Å². The van der Waals surface area contributed by atoms with Crippen molar-refractivity contribution in [2.45, 2.75) is 6.92 Å². The molecule has 2 aromatic heterocycles. The van der Waals surface area contributed by atoms with Crippen LogP contribution in [-0.4, -0.2) is 24.8 Å². The Morgan fingerprint density at radius 1 is 1.04 bits per heavy atom. The van der Waals surface area contributed by atoms with Crippen LogP contribution in [0.4, 0.5) is 5.69 Å². The van der Waals surface area contributed by atoms with E-state index in [0.717, 1.165) is 11.8 Å². The first-order chi connectivity index (χ1) is 13.3. The zero-order valence-corrected chi connectivity index (χ0v) is 16.0. The molecule has 0 radical (unpaired) electrons. The second kappa shape index (κ2) is 6.65. The average Bonchev–Trinajstić information content (AvgIpc) is 3.06. The molecule has 0 fully saturated rings. The fourth-order valence-corrected chi connectivity index (χ4v) is 3.75. The maximum atomic E-state index is 12.9.